The molecule has 0 atom stereocenters. The first kappa shape index (κ1) is 15.7. The van der Waals surface area contributed by atoms with Crippen LogP contribution in [0.5, 0.6) is 0 Å². The molecule has 0 N–H and O–H groups in total. The van der Waals surface area contributed by atoms with Crippen molar-refractivity contribution in [1.29, 1.82) is 0 Å². The molecule has 0 aromatic carbocycles. The van der Waals surface area contributed by atoms with Crippen molar-refractivity contribution in [2.24, 2.45) is 5.41 Å². The lowest BCUT2D eigenvalue weighted by Crippen LogP contribution is -2.11. The van der Waals surface area contributed by atoms with Crippen LogP contribution in [-0.2, 0) is 0 Å². The highest BCUT2D eigenvalue weighted by Gasteiger charge is 2.33. The molecule has 0 bridgehead atoms. The summed E-state index contributed by atoms with van der Waals surface area (Å²) in [6.07, 6.45) is 8.35. The zero-order valence-electron chi connectivity index (χ0n) is 11.2. The summed E-state index contributed by atoms with van der Waals surface area (Å²) in [5.74, 6) is 0. The first-order valence-electron chi connectivity index (χ1n) is 6.21. The van der Waals surface area contributed by atoms with Crippen molar-refractivity contribution in [3.63, 3.8) is 0 Å². The summed E-state index contributed by atoms with van der Waals surface area (Å²) < 4.78 is 2.62. The van der Waals surface area contributed by atoms with Crippen molar-refractivity contribution in [3.05, 3.63) is 32.5 Å². The molecule has 0 amide bonds. The minimum absolute atomic E-state index is 0.264. The SMILES string of the molecule is C/C=C(I)\C=C1/CC(CCCI)=C(C)C1(C)C. The zero-order valence-corrected chi connectivity index (χ0v) is 15.6. The predicted molar refractivity (Wildman–Crippen MR) is 95.1 cm³/mol. The van der Waals surface area contributed by atoms with E-state index in [9.17, 15) is 0 Å². The van der Waals surface area contributed by atoms with Crippen LogP contribution < -0.4 is 0 Å². The second-order valence-corrected chi connectivity index (χ2v) is 7.49. The molecule has 0 unspecified atom stereocenters. The van der Waals surface area contributed by atoms with Gasteiger partial charge in [0.15, 0.2) is 0 Å². The molecule has 0 aliphatic heterocycles. The molecule has 1 aliphatic rings. The maximum Gasteiger partial charge on any atom is 0.00871 e. The van der Waals surface area contributed by atoms with Gasteiger partial charge in [0, 0.05) is 8.99 Å². The molecule has 0 nitrogen and oxygen atoms in total. The standard InChI is InChI=1S/C15H22I2/c1-5-14(17)10-13-9-12(7-6-8-16)11(2)15(13,3)4/h5,10H,6-9H2,1-4H3/b13-10+,14-5+. The van der Waals surface area contributed by atoms with Crippen LogP contribution in [-0.4, -0.2) is 4.43 Å². The van der Waals surface area contributed by atoms with E-state index in [1.54, 1.807) is 16.7 Å². The highest BCUT2D eigenvalue weighted by atomic mass is 127. The summed E-state index contributed by atoms with van der Waals surface area (Å²) in [7, 11) is 0. The fourth-order valence-corrected chi connectivity index (χ4v) is 3.06. The predicted octanol–water partition coefficient (Wildman–Crippen LogP) is 6.21. The largest absolute Gasteiger partial charge is 0.0864 e. The van der Waals surface area contributed by atoms with Gasteiger partial charge in [-0.3, -0.25) is 0 Å². The van der Waals surface area contributed by atoms with E-state index >= 15 is 0 Å². The Hall–Kier alpha value is 0.680. The van der Waals surface area contributed by atoms with Gasteiger partial charge in [0.2, 0.25) is 0 Å². The van der Waals surface area contributed by atoms with Gasteiger partial charge in [0.25, 0.3) is 0 Å². The molecule has 17 heavy (non-hydrogen) atoms. The Bertz CT molecular complexity index is 370. The maximum atomic E-state index is 2.47. The van der Waals surface area contributed by atoms with Crippen LogP contribution in [0.3, 0.4) is 0 Å². The van der Waals surface area contributed by atoms with Crippen LogP contribution in [0, 0.1) is 5.41 Å². The molecule has 1 aliphatic carbocycles. The van der Waals surface area contributed by atoms with Crippen LogP contribution in [0.15, 0.2) is 32.5 Å². The fraction of sp³-hybridized carbons (Fsp3) is 0.600. The van der Waals surface area contributed by atoms with Crippen molar-refractivity contribution in [2.45, 2.75) is 47.0 Å². The summed E-state index contributed by atoms with van der Waals surface area (Å²) >= 11 is 4.89. The lowest BCUT2D eigenvalue weighted by molar-refractivity contribution is 0.554. The molecular weight excluding hydrogens is 434 g/mol. The van der Waals surface area contributed by atoms with E-state index in [0.29, 0.717) is 0 Å². The first-order valence-corrected chi connectivity index (χ1v) is 8.81. The average molecular weight is 456 g/mol. The van der Waals surface area contributed by atoms with Gasteiger partial charge < -0.3 is 0 Å². The van der Waals surface area contributed by atoms with Crippen LogP contribution in [0.2, 0.25) is 0 Å². The quantitative estimate of drug-likeness (QED) is 0.268. The van der Waals surface area contributed by atoms with Gasteiger partial charge >= 0.3 is 0 Å². The fourth-order valence-electron chi connectivity index (χ4n) is 2.30. The second-order valence-electron chi connectivity index (χ2n) is 5.17. The van der Waals surface area contributed by atoms with Crippen LogP contribution >= 0.6 is 45.2 Å². The Morgan fingerprint density at radius 3 is 2.59 bits per heavy atom. The summed E-state index contributed by atoms with van der Waals surface area (Å²) in [6, 6.07) is 0. The van der Waals surface area contributed by atoms with Crippen molar-refractivity contribution in [1.82, 2.24) is 0 Å². The Balaban J connectivity index is 2.94. The highest BCUT2D eigenvalue weighted by molar-refractivity contribution is 14.1. The number of rotatable bonds is 4. The van der Waals surface area contributed by atoms with Gasteiger partial charge in [0.1, 0.15) is 0 Å². The third-order valence-corrected chi connectivity index (χ3v) is 5.57. The molecule has 0 saturated heterocycles. The third-order valence-electron chi connectivity index (χ3n) is 3.87. The lowest BCUT2D eigenvalue weighted by atomic mass is 9.82. The minimum atomic E-state index is 0.264. The molecule has 0 fully saturated rings. The normalized spacial score (nSPS) is 22.7. The van der Waals surface area contributed by atoms with E-state index in [-0.39, 0.29) is 5.41 Å². The summed E-state index contributed by atoms with van der Waals surface area (Å²) in [4.78, 5) is 0. The van der Waals surface area contributed by atoms with Gasteiger partial charge in [-0.15, -0.1) is 0 Å². The van der Waals surface area contributed by atoms with Gasteiger partial charge in [0.05, 0.1) is 0 Å². The maximum absolute atomic E-state index is 2.47. The molecule has 0 saturated carbocycles. The monoisotopic (exact) mass is 456 g/mol. The smallest absolute Gasteiger partial charge is 0.00871 e. The van der Waals surface area contributed by atoms with Gasteiger partial charge in [-0.05, 0) is 66.2 Å². The van der Waals surface area contributed by atoms with E-state index in [1.165, 1.54) is 27.3 Å². The van der Waals surface area contributed by atoms with Gasteiger partial charge in [-0.25, -0.2) is 0 Å². The first-order chi connectivity index (χ1) is 7.93. The zero-order chi connectivity index (χ0) is 13.1. The summed E-state index contributed by atoms with van der Waals surface area (Å²) in [5, 5.41) is 0. The van der Waals surface area contributed by atoms with Crippen molar-refractivity contribution >= 4 is 45.2 Å². The molecule has 0 radical (unpaired) electrons. The molecule has 0 aromatic rings. The van der Waals surface area contributed by atoms with Crippen LogP contribution in [0.25, 0.3) is 0 Å². The van der Waals surface area contributed by atoms with E-state index in [1.807, 2.05) is 0 Å². The van der Waals surface area contributed by atoms with Crippen molar-refractivity contribution < 1.29 is 0 Å². The molecular formula is C15H22I2. The number of hydrogen-bond acceptors (Lipinski definition) is 0. The Morgan fingerprint density at radius 1 is 1.41 bits per heavy atom. The Labute approximate surface area is 133 Å². The Kier molecular flexibility index (Phi) is 6.23. The number of hydrogen-bond donors (Lipinski definition) is 0. The minimum Gasteiger partial charge on any atom is -0.0864 e. The summed E-state index contributed by atoms with van der Waals surface area (Å²) in [6.45, 7) is 9.17. The number of halogens is 2. The molecule has 0 heterocycles. The molecule has 1 rings (SSSR count). The summed E-state index contributed by atoms with van der Waals surface area (Å²) in [5.41, 5.74) is 5.13. The molecule has 0 aromatic heterocycles. The number of allylic oxidation sites excluding steroid dienone is 6. The van der Waals surface area contributed by atoms with E-state index in [2.05, 4.69) is 85.0 Å². The third kappa shape index (κ3) is 3.82. The van der Waals surface area contributed by atoms with Crippen LogP contribution in [0.1, 0.15) is 47.0 Å². The van der Waals surface area contributed by atoms with E-state index < -0.39 is 0 Å². The van der Waals surface area contributed by atoms with Crippen LogP contribution in [0.4, 0.5) is 0 Å². The highest BCUT2D eigenvalue weighted by Crippen LogP contribution is 2.48. The second kappa shape index (κ2) is 6.73. The molecule has 96 valence electrons. The van der Waals surface area contributed by atoms with Crippen molar-refractivity contribution in [2.75, 3.05) is 4.43 Å². The van der Waals surface area contributed by atoms with E-state index in [0.717, 1.165) is 0 Å². The topological polar surface area (TPSA) is 0 Å². The Morgan fingerprint density at radius 2 is 2.06 bits per heavy atom. The van der Waals surface area contributed by atoms with Gasteiger partial charge in [-0.1, -0.05) is 59.2 Å². The molecule has 2 heteroatoms. The van der Waals surface area contributed by atoms with Gasteiger partial charge in [-0.2, -0.15) is 0 Å². The molecule has 0 spiro atoms. The lowest BCUT2D eigenvalue weighted by Gasteiger charge is -2.23. The van der Waals surface area contributed by atoms with Crippen molar-refractivity contribution in [3.8, 4) is 0 Å². The average Bonchev–Trinajstić information content (AvgIpc) is 2.50. The van der Waals surface area contributed by atoms with E-state index in [4.69, 9.17) is 0 Å². The number of alkyl halides is 1.